The summed E-state index contributed by atoms with van der Waals surface area (Å²) in [5, 5.41) is 8.04. The monoisotopic (exact) mass is 985 g/mol. The number of amides is 5. The molecule has 0 unspecified atom stereocenters. The molecular weight excluding hydrogens is 923 g/mol. The molecule has 5 N–H and O–H groups in total. The van der Waals surface area contributed by atoms with Crippen LogP contribution in [0.4, 0.5) is 14.4 Å². The Balaban J connectivity index is 0.00000289. The molecule has 0 bridgehead atoms. The molecule has 2 aromatic heterocycles. The molecule has 4 atom stereocenters. The first-order valence-corrected chi connectivity index (χ1v) is 21.2. The van der Waals surface area contributed by atoms with Crippen LogP contribution in [0.25, 0.3) is 22.3 Å². The number of hydrogen-bond donors (Lipinski definition) is 5. The molecule has 2 saturated heterocycles. The van der Waals surface area contributed by atoms with Gasteiger partial charge in [0.25, 0.3) is 0 Å². The van der Waals surface area contributed by atoms with Crippen LogP contribution in [0, 0.1) is 23.2 Å². The zero-order valence-corrected chi connectivity index (χ0v) is 41.8. The van der Waals surface area contributed by atoms with Gasteiger partial charge in [-0.3, -0.25) is 9.59 Å². The fraction of sp³-hybridized carbons (Fsp3) is 0.489. The molecule has 4 heterocycles. The Morgan fingerprint density at radius 1 is 0.803 bits per heavy atom. The SMILES string of the molecule is COC(=O)NCCCC[C@H](NC(=O)OC)C(=O)N1CCC[C@H]1c1ncc(-c2ccc(C#Cc3ccc4nc([C@@H]5CC6(CC6)CN5C(=O)[C@@H](NC(=O)OC)C(C)C)[nH]c4c3)cc2)[nH]1.S.S.S.S. The maximum absolute atomic E-state index is 13.9. The molecule has 1 aliphatic carbocycles. The Bertz CT molecular complexity index is 2360. The predicted octanol–water partition coefficient (Wildman–Crippen LogP) is 6.15. The van der Waals surface area contributed by atoms with Gasteiger partial charge < -0.3 is 49.9 Å². The van der Waals surface area contributed by atoms with Crippen LogP contribution in [0.15, 0.2) is 48.7 Å². The summed E-state index contributed by atoms with van der Waals surface area (Å²) in [6.45, 7) is 5.37. The number of fused-ring (bicyclic) bond motifs is 1. The molecule has 1 spiro atoms. The minimum absolute atomic E-state index is 0. The number of rotatable bonds is 13. The molecule has 3 fully saturated rings. The molecule has 3 aliphatic rings. The van der Waals surface area contributed by atoms with Gasteiger partial charge in [-0.05, 0) is 98.6 Å². The van der Waals surface area contributed by atoms with E-state index in [0.29, 0.717) is 44.7 Å². The van der Waals surface area contributed by atoms with E-state index in [0.717, 1.165) is 71.3 Å². The Morgan fingerprint density at radius 2 is 1.47 bits per heavy atom. The van der Waals surface area contributed by atoms with E-state index < -0.39 is 30.4 Å². The van der Waals surface area contributed by atoms with Gasteiger partial charge in [0.05, 0.1) is 56.3 Å². The number of aromatic nitrogens is 4. The highest BCUT2D eigenvalue weighted by Gasteiger charge is 2.55. The van der Waals surface area contributed by atoms with E-state index in [2.05, 4.69) is 47.5 Å². The Labute approximate surface area is 413 Å². The van der Waals surface area contributed by atoms with E-state index in [-0.39, 0.29) is 89.2 Å². The molecule has 66 heavy (non-hydrogen) atoms. The van der Waals surface area contributed by atoms with Crippen molar-refractivity contribution in [3.8, 4) is 23.1 Å². The van der Waals surface area contributed by atoms with Crippen LogP contribution >= 0.6 is 54.0 Å². The first-order valence-electron chi connectivity index (χ1n) is 21.2. The van der Waals surface area contributed by atoms with E-state index >= 15 is 0 Å². The number of benzene rings is 2. The highest BCUT2D eigenvalue weighted by atomic mass is 32.1. The largest absolute Gasteiger partial charge is 0.453 e. The third-order valence-electron chi connectivity index (χ3n) is 12.1. The van der Waals surface area contributed by atoms with Gasteiger partial charge in [-0.15, -0.1) is 0 Å². The number of hydrogen-bond acceptors (Lipinski definition) is 10. The third-order valence-corrected chi connectivity index (χ3v) is 12.1. The number of H-pyrrole nitrogens is 2. The molecular formula is C45H63N9O8S4. The van der Waals surface area contributed by atoms with Crippen molar-refractivity contribution in [2.75, 3.05) is 41.0 Å². The third kappa shape index (κ3) is 13.0. The van der Waals surface area contributed by atoms with Crippen molar-refractivity contribution in [1.82, 2.24) is 45.7 Å². The number of methoxy groups -OCH3 is 3. The summed E-state index contributed by atoms with van der Waals surface area (Å²) in [4.78, 5) is 83.5. The van der Waals surface area contributed by atoms with Crippen molar-refractivity contribution in [3.05, 3.63) is 71.4 Å². The van der Waals surface area contributed by atoms with E-state index in [1.165, 1.54) is 21.3 Å². The second-order valence-corrected chi connectivity index (χ2v) is 16.7. The van der Waals surface area contributed by atoms with Crippen LogP contribution in [0.1, 0.15) is 100 Å². The molecule has 4 aromatic rings. The fourth-order valence-corrected chi connectivity index (χ4v) is 8.45. The lowest BCUT2D eigenvalue weighted by molar-refractivity contribution is -0.136. The number of nitrogens with one attached hydrogen (secondary N) is 5. The fourth-order valence-electron chi connectivity index (χ4n) is 8.45. The maximum Gasteiger partial charge on any atom is 0.407 e. The maximum atomic E-state index is 13.9. The lowest BCUT2D eigenvalue weighted by atomic mass is 10.0. The van der Waals surface area contributed by atoms with E-state index in [9.17, 15) is 24.0 Å². The van der Waals surface area contributed by atoms with Gasteiger partial charge in [-0.2, -0.15) is 54.0 Å². The highest BCUT2D eigenvalue weighted by Crippen LogP contribution is 2.58. The lowest BCUT2D eigenvalue weighted by Gasteiger charge is -2.30. The summed E-state index contributed by atoms with van der Waals surface area (Å²) in [6, 6.07) is 11.7. The van der Waals surface area contributed by atoms with Gasteiger partial charge in [0.15, 0.2) is 0 Å². The smallest absolute Gasteiger partial charge is 0.407 e. The zero-order valence-electron chi connectivity index (χ0n) is 37.8. The number of aromatic amines is 2. The minimum atomic E-state index is -0.792. The molecule has 21 heteroatoms. The number of unbranched alkanes of at least 4 members (excludes halogenated alkanes) is 1. The standard InChI is InChI=1S/C45H55N9O8.4H2S/c1-27(2)37(52-44(59)62-5)41(56)54-26-45(19-20-45)24-36(54)39-48-31-18-15-29(23-33(31)49-39)12-11-28-13-16-30(17-14-28)34-25-47-38(50-34)35-10-8-22-53(35)40(55)32(51-43(58)61-4)9-6-7-21-46-42(57)60-3;;;;/h13-18,23,25,27,32,35-37H,6-10,19-22,24,26H2,1-5H3,(H,46,57)(H,47,50)(H,48,49)(H,51,58)(H,52,59);4*1H2/t32-,35-,36-,37-;;;;/m0..../s1. The number of imidazole rings is 2. The van der Waals surface area contributed by atoms with Crippen molar-refractivity contribution in [2.45, 2.75) is 89.4 Å². The van der Waals surface area contributed by atoms with Gasteiger partial charge in [-0.1, -0.05) is 37.8 Å². The van der Waals surface area contributed by atoms with Gasteiger partial charge in [0, 0.05) is 30.8 Å². The van der Waals surface area contributed by atoms with Crippen molar-refractivity contribution in [1.29, 1.82) is 0 Å². The van der Waals surface area contributed by atoms with Gasteiger partial charge in [-0.25, -0.2) is 24.4 Å². The quantitative estimate of drug-likeness (QED) is 0.0586. The number of alkyl carbamates (subject to hydrolysis) is 3. The first-order chi connectivity index (χ1) is 29.9. The van der Waals surface area contributed by atoms with Crippen LogP contribution in [0.5, 0.6) is 0 Å². The van der Waals surface area contributed by atoms with Crippen LogP contribution in [0.3, 0.4) is 0 Å². The van der Waals surface area contributed by atoms with Gasteiger partial charge in [0.2, 0.25) is 11.8 Å². The molecule has 7 rings (SSSR count). The van der Waals surface area contributed by atoms with E-state index in [4.69, 9.17) is 14.5 Å². The van der Waals surface area contributed by atoms with Crippen LogP contribution in [-0.2, 0) is 23.8 Å². The summed E-state index contributed by atoms with van der Waals surface area (Å²) >= 11 is 0. The summed E-state index contributed by atoms with van der Waals surface area (Å²) < 4.78 is 14.2. The Hall–Kier alpha value is -5.17. The second kappa shape index (κ2) is 24.6. The van der Waals surface area contributed by atoms with Crippen LogP contribution in [0.2, 0.25) is 0 Å². The first kappa shape index (κ1) is 55.2. The molecule has 2 aliphatic heterocycles. The summed E-state index contributed by atoms with van der Waals surface area (Å²) in [5.74, 6) is 7.46. The number of carbonyl (C=O) groups is 5. The topological polar surface area (TPSA) is 213 Å². The molecule has 360 valence electrons. The minimum Gasteiger partial charge on any atom is -0.453 e. The van der Waals surface area contributed by atoms with Gasteiger partial charge in [0.1, 0.15) is 23.7 Å². The zero-order chi connectivity index (χ0) is 44.0. The van der Waals surface area contributed by atoms with E-state index in [1.807, 2.05) is 61.2 Å². The molecule has 5 amide bonds. The van der Waals surface area contributed by atoms with E-state index in [1.54, 1.807) is 11.1 Å². The lowest BCUT2D eigenvalue weighted by Crippen LogP contribution is -2.51. The van der Waals surface area contributed by atoms with Crippen molar-refractivity contribution >= 4 is 95.1 Å². The molecule has 0 radical (unpaired) electrons. The Kier molecular flexibility index (Phi) is 20.5. The summed E-state index contributed by atoms with van der Waals surface area (Å²) in [6.07, 6.45) is 5.95. The normalized spacial score (nSPS) is 17.4. The number of carbonyl (C=O) groups excluding carboxylic acids is 5. The average Bonchev–Trinajstić information content (AvgIpc) is 3.77. The summed E-state index contributed by atoms with van der Waals surface area (Å²) in [5.41, 5.74) is 5.07. The molecule has 1 saturated carbocycles. The molecule has 2 aromatic carbocycles. The molecule has 17 nitrogen and oxygen atoms in total. The summed E-state index contributed by atoms with van der Waals surface area (Å²) in [7, 11) is 3.85. The van der Waals surface area contributed by atoms with Crippen molar-refractivity contribution < 1.29 is 38.2 Å². The highest BCUT2D eigenvalue weighted by molar-refractivity contribution is 7.59. The number of likely N-dealkylation sites (tertiary alicyclic amines) is 2. The number of ether oxygens (including phenoxy) is 3. The second-order valence-electron chi connectivity index (χ2n) is 16.7. The predicted molar refractivity (Wildman–Crippen MR) is 270 cm³/mol. The van der Waals surface area contributed by atoms with Gasteiger partial charge >= 0.3 is 18.3 Å². The average molecular weight is 986 g/mol. The van der Waals surface area contributed by atoms with Crippen LogP contribution < -0.4 is 16.0 Å². The number of nitrogens with zero attached hydrogens (tertiary/aromatic N) is 4. The van der Waals surface area contributed by atoms with Crippen molar-refractivity contribution in [2.24, 2.45) is 11.3 Å². The Morgan fingerprint density at radius 3 is 2.14 bits per heavy atom. The van der Waals surface area contributed by atoms with Crippen molar-refractivity contribution in [3.63, 3.8) is 0 Å². The van der Waals surface area contributed by atoms with Crippen LogP contribution in [-0.4, -0.2) is 113 Å².